The molecule has 0 heterocycles. The highest BCUT2D eigenvalue weighted by molar-refractivity contribution is 6.09. The Balaban J connectivity index is 1.89. The number of rotatable bonds is 8. The van der Waals surface area contributed by atoms with Crippen LogP contribution in [-0.4, -0.2) is 27.6 Å². The van der Waals surface area contributed by atoms with E-state index in [0.717, 1.165) is 19.3 Å². The summed E-state index contributed by atoms with van der Waals surface area (Å²) < 4.78 is 5.28. The highest BCUT2D eigenvalue weighted by Gasteiger charge is 2.16. The molecule has 0 saturated carbocycles. The van der Waals surface area contributed by atoms with E-state index in [2.05, 4.69) is 0 Å². The summed E-state index contributed by atoms with van der Waals surface area (Å²) in [5.74, 6) is -0.0910. The van der Waals surface area contributed by atoms with Gasteiger partial charge >= 0.3 is 5.97 Å². The molecular weight excluding hydrogens is 356 g/mol. The maximum atomic E-state index is 12.6. The topological polar surface area (TPSA) is 83.8 Å². The Morgan fingerprint density at radius 3 is 2.18 bits per heavy atom. The molecular formula is C23H28O5. The third kappa shape index (κ3) is 6.72. The fourth-order valence-corrected chi connectivity index (χ4v) is 2.86. The first-order valence-corrected chi connectivity index (χ1v) is 9.53. The number of benzene rings is 2. The van der Waals surface area contributed by atoms with E-state index < -0.39 is 5.60 Å². The first-order valence-electron chi connectivity index (χ1n) is 9.53. The second-order valence-corrected chi connectivity index (χ2v) is 7.87. The van der Waals surface area contributed by atoms with Gasteiger partial charge < -0.3 is 14.9 Å². The number of carbonyl (C=O) groups excluding carboxylic acids is 2. The van der Waals surface area contributed by atoms with Crippen molar-refractivity contribution < 1.29 is 24.5 Å². The predicted octanol–water partition coefficient (Wildman–Crippen LogP) is 4.77. The Kier molecular flexibility index (Phi) is 7.21. The van der Waals surface area contributed by atoms with Gasteiger partial charge in [-0.2, -0.15) is 0 Å². The van der Waals surface area contributed by atoms with Crippen LogP contribution in [-0.2, 0) is 16.0 Å². The van der Waals surface area contributed by atoms with Gasteiger partial charge in [-0.3, -0.25) is 9.59 Å². The largest absolute Gasteiger partial charge is 0.508 e. The van der Waals surface area contributed by atoms with Crippen molar-refractivity contribution in [1.82, 2.24) is 0 Å². The Bertz CT molecular complexity index is 816. The molecule has 0 bridgehead atoms. The summed E-state index contributed by atoms with van der Waals surface area (Å²) in [5, 5.41) is 19.4. The van der Waals surface area contributed by atoms with Gasteiger partial charge in [0.15, 0.2) is 5.78 Å². The molecule has 0 fully saturated rings. The van der Waals surface area contributed by atoms with Gasteiger partial charge in [0.05, 0.1) is 0 Å². The maximum absolute atomic E-state index is 12.6. The Morgan fingerprint density at radius 2 is 1.54 bits per heavy atom. The van der Waals surface area contributed by atoms with Crippen molar-refractivity contribution in [3.8, 4) is 11.5 Å². The second-order valence-electron chi connectivity index (χ2n) is 7.87. The highest BCUT2D eigenvalue weighted by atomic mass is 16.6. The van der Waals surface area contributed by atoms with Crippen LogP contribution in [0.3, 0.4) is 0 Å². The minimum absolute atomic E-state index is 0.106. The molecule has 2 aromatic rings. The van der Waals surface area contributed by atoms with E-state index in [0.29, 0.717) is 29.5 Å². The van der Waals surface area contributed by atoms with Crippen LogP contribution in [0.5, 0.6) is 11.5 Å². The monoisotopic (exact) mass is 384 g/mol. The van der Waals surface area contributed by atoms with Gasteiger partial charge in [-0.1, -0.05) is 6.42 Å². The van der Waals surface area contributed by atoms with Crippen LogP contribution in [0.2, 0.25) is 0 Å². The Morgan fingerprint density at radius 1 is 0.893 bits per heavy atom. The van der Waals surface area contributed by atoms with Crippen LogP contribution in [0.15, 0.2) is 42.5 Å². The van der Waals surface area contributed by atoms with E-state index in [1.807, 2.05) is 20.8 Å². The van der Waals surface area contributed by atoms with Crippen LogP contribution in [0, 0.1) is 0 Å². The Hall–Kier alpha value is -2.82. The number of aryl methyl sites for hydroxylation is 1. The summed E-state index contributed by atoms with van der Waals surface area (Å²) in [7, 11) is 0. The van der Waals surface area contributed by atoms with E-state index in [1.165, 1.54) is 18.2 Å². The quantitative estimate of drug-likeness (QED) is 0.389. The molecule has 0 aliphatic carbocycles. The van der Waals surface area contributed by atoms with Crippen LogP contribution in [0.4, 0.5) is 0 Å². The summed E-state index contributed by atoms with van der Waals surface area (Å²) in [6.07, 6.45) is 3.35. The lowest BCUT2D eigenvalue weighted by molar-refractivity contribution is -0.154. The molecule has 0 unspecified atom stereocenters. The van der Waals surface area contributed by atoms with Crippen LogP contribution in [0.1, 0.15) is 67.9 Å². The molecule has 2 rings (SSSR count). The summed E-state index contributed by atoms with van der Waals surface area (Å²) in [6, 6.07) is 10.9. The highest BCUT2D eigenvalue weighted by Crippen LogP contribution is 2.23. The fourth-order valence-electron chi connectivity index (χ4n) is 2.86. The predicted molar refractivity (Wildman–Crippen MR) is 108 cm³/mol. The Labute approximate surface area is 166 Å². The lowest BCUT2D eigenvalue weighted by Crippen LogP contribution is -2.23. The maximum Gasteiger partial charge on any atom is 0.306 e. The summed E-state index contributed by atoms with van der Waals surface area (Å²) in [5.41, 5.74) is 1.22. The number of carbonyl (C=O) groups is 2. The van der Waals surface area contributed by atoms with Gasteiger partial charge in [0.2, 0.25) is 0 Å². The minimum Gasteiger partial charge on any atom is -0.508 e. The third-order valence-electron chi connectivity index (χ3n) is 4.22. The van der Waals surface area contributed by atoms with E-state index >= 15 is 0 Å². The molecule has 28 heavy (non-hydrogen) atoms. The molecule has 0 saturated heterocycles. The zero-order chi connectivity index (χ0) is 20.7. The van der Waals surface area contributed by atoms with Crippen molar-refractivity contribution in [1.29, 1.82) is 0 Å². The second kappa shape index (κ2) is 9.40. The van der Waals surface area contributed by atoms with Crippen LogP contribution < -0.4 is 0 Å². The van der Waals surface area contributed by atoms with Gasteiger partial charge in [0.1, 0.15) is 17.1 Å². The van der Waals surface area contributed by atoms with E-state index in [9.17, 15) is 19.8 Å². The average molecular weight is 384 g/mol. The van der Waals surface area contributed by atoms with Crippen molar-refractivity contribution in [3.05, 3.63) is 59.2 Å². The number of hydrogen-bond donors (Lipinski definition) is 2. The minimum atomic E-state index is -0.465. The molecule has 0 aromatic heterocycles. The molecule has 0 atom stereocenters. The lowest BCUT2D eigenvalue weighted by atomic mass is 9.98. The molecule has 2 N–H and O–H groups in total. The van der Waals surface area contributed by atoms with Crippen molar-refractivity contribution in [2.24, 2.45) is 0 Å². The molecule has 0 spiro atoms. The molecule has 5 nitrogen and oxygen atoms in total. The first-order chi connectivity index (χ1) is 13.2. The number of phenolic OH excluding ortho intramolecular Hbond substituents is 2. The van der Waals surface area contributed by atoms with Crippen LogP contribution in [0.25, 0.3) is 0 Å². The zero-order valence-corrected chi connectivity index (χ0v) is 16.7. The molecule has 150 valence electrons. The normalized spacial score (nSPS) is 11.2. The molecule has 0 radical (unpaired) electrons. The summed E-state index contributed by atoms with van der Waals surface area (Å²) in [6.45, 7) is 5.54. The van der Waals surface area contributed by atoms with E-state index in [1.54, 1.807) is 24.3 Å². The molecule has 0 amide bonds. The fraction of sp³-hybridized carbons (Fsp3) is 0.391. The van der Waals surface area contributed by atoms with Gasteiger partial charge in [-0.15, -0.1) is 0 Å². The lowest BCUT2D eigenvalue weighted by Gasteiger charge is -2.19. The van der Waals surface area contributed by atoms with Crippen molar-refractivity contribution in [3.63, 3.8) is 0 Å². The zero-order valence-electron chi connectivity index (χ0n) is 16.7. The van der Waals surface area contributed by atoms with E-state index in [4.69, 9.17) is 4.74 Å². The number of ether oxygens (including phenoxy) is 1. The van der Waals surface area contributed by atoms with Crippen molar-refractivity contribution in [2.45, 2.75) is 58.5 Å². The van der Waals surface area contributed by atoms with Crippen molar-refractivity contribution in [2.75, 3.05) is 0 Å². The summed E-state index contributed by atoms with van der Waals surface area (Å²) in [4.78, 5) is 24.3. The van der Waals surface area contributed by atoms with Crippen LogP contribution >= 0.6 is 0 Å². The number of esters is 1. The van der Waals surface area contributed by atoms with Gasteiger partial charge in [-0.05, 0) is 88.1 Å². The average Bonchev–Trinajstić information content (AvgIpc) is 2.61. The molecule has 0 aliphatic rings. The third-order valence-corrected chi connectivity index (χ3v) is 4.22. The molecule has 2 aromatic carbocycles. The first kappa shape index (κ1) is 21.5. The number of hydrogen-bond acceptors (Lipinski definition) is 5. The standard InChI is InChI=1S/C23H28O5/c1-23(2,3)28-21(26)8-6-4-5-7-17-15-18(11-14-20(17)25)22(27)16-9-12-19(24)13-10-16/h9-15,24-25H,4-8H2,1-3H3. The number of unbranched alkanes of at least 4 members (excludes halogenated alkanes) is 2. The number of ketones is 1. The number of phenols is 2. The van der Waals surface area contributed by atoms with Crippen molar-refractivity contribution >= 4 is 11.8 Å². The summed E-state index contributed by atoms with van der Waals surface area (Å²) >= 11 is 0. The number of aromatic hydroxyl groups is 2. The van der Waals surface area contributed by atoms with Gasteiger partial charge in [0, 0.05) is 17.5 Å². The van der Waals surface area contributed by atoms with Gasteiger partial charge in [-0.25, -0.2) is 0 Å². The smallest absolute Gasteiger partial charge is 0.306 e. The van der Waals surface area contributed by atoms with E-state index in [-0.39, 0.29) is 23.3 Å². The SMILES string of the molecule is CC(C)(C)OC(=O)CCCCCc1cc(C(=O)c2ccc(O)cc2)ccc1O. The molecule has 5 heteroatoms. The molecule has 0 aliphatic heterocycles. The van der Waals surface area contributed by atoms with Gasteiger partial charge in [0.25, 0.3) is 0 Å².